The summed E-state index contributed by atoms with van der Waals surface area (Å²) < 4.78 is 9.27. The van der Waals surface area contributed by atoms with Crippen molar-refractivity contribution in [3.63, 3.8) is 0 Å². The standard InChI is InChI=1S/C46H32OS/c1-2-10-28-21-29(18-17-27(28)9-1)45-34-12-3-5-14-36(34)46(37-15-6-4-13-35(37)45)30-19-20-41-38(22-30)39-23-31-24-40-33-11-7-8-16-43(33)48-44(40)26-32(31)25-42(39)47-41/h1,3-9,11-20,23-26,28,38H,2,10,21-22H2. The lowest BCUT2D eigenvalue weighted by atomic mass is 9.76. The van der Waals surface area contributed by atoms with Gasteiger partial charge in [0.15, 0.2) is 0 Å². The zero-order valence-corrected chi connectivity index (χ0v) is 27.3. The van der Waals surface area contributed by atoms with Crippen molar-refractivity contribution in [3.8, 4) is 5.75 Å². The van der Waals surface area contributed by atoms with Crippen molar-refractivity contribution in [2.45, 2.75) is 31.6 Å². The highest BCUT2D eigenvalue weighted by Crippen LogP contribution is 2.52. The fourth-order valence-electron chi connectivity index (χ4n) is 9.01. The maximum Gasteiger partial charge on any atom is 0.131 e. The van der Waals surface area contributed by atoms with Gasteiger partial charge in [0.1, 0.15) is 11.5 Å². The van der Waals surface area contributed by atoms with Crippen LogP contribution in [0.2, 0.25) is 0 Å². The Kier molecular flexibility index (Phi) is 5.68. The lowest BCUT2D eigenvalue weighted by molar-refractivity contribution is 0.427. The molecule has 6 aromatic carbocycles. The van der Waals surface area contributed by atoms with Gasteiger partial charge in [0.05, 0.1) is 0 Å². The lowest BCUT2D eigenvalue weighted by Gasteiger charge is -2.28. The molecule has 3 aliphatic carbocycles. The molecule has 7 aromatic rings. The number of rotatable bonds is 2. The first kappa shape index (κ1) is 26.8. The van der Waals surface area contributed by atoms with E-state index in [2.05, 4.69) is 134 Å². The fraction of sp³-hybridized carbons (Fsp3) is 0.130. The Labute approximate surface area is 283 Å². The molecule has 0 N–H and O–H groups in total. The van der Waals surface area contributed by atoms with Gasteiger partial charge in [-0.15, -0.1) is 11.3 Å². The number of hydrogen-bond donors (Lipinski definition) is 0. The summed E-state index contributed by atoms with van der Waals surface area (Å²) in [6, 6.07) is 36.4. The van der Waals surface area contributed by atoms with Crippen LogP contribution in [-0.2, 0) is 0 Å². The molecule has 0 amide bonds. The van der Waals surface area contributed by atoms with Gasteiger partial charge < -0.3 is 4.74 Å². The fourth-order valence-corrected chi connectivity index (χ4v) is 10.1. The van der Waals surface area contributed by atoms with E-state index in [1.807, 2.05) is 11.3 Å². The molecule has 2 unspecified atom stereocenters. The van der Waals surface area contributed by atoms with Gasteiger partial charge in [0.2, 0.25) is 0 Å². The van der Waals surface area contributed by atoms with Crippen LogP contribution in [0.15, 0.2) is 145 Å². The minimum Gasteiger partial charge on any atom is -0.461 e. The Morgan fingerprint density at radius 2 is 1.25 bits per heavy atom. The molecule has 4 aliphatic rings. The molecule has 2 atom stereocenters. The molecular weight excluding hydrogens is 601 g/mol. The molecule has 48 heavy (non-hydrogen) atoms. The number of ether oxygens (including phenoxy) is 1. The molecular formula is C46H32OS. The van der Waals surface area contributed by atoms with Crippen molar-refractivity contribution >= 4 is 75.0 Å². The number of fused-ring (bicyclic) bond motifs is 10. The predicted octanol–water partition coefficient (Wildman–Crippen LogP) is 13.0. The largest absolute Gasteiger partial charge is 0.461 e. The summed E-state index contributed by atoms with van der Waals surface area (Å²) in [4.78, 5) is 0. The van der Waals surface area contributed by atoms with E-state index < -0.39 is 0 Å². The van der Waals surface area contributed by atoms with Crippen molar-refractivity contribution < 1.29 is 4.74 Å². The quantitative estimate of drug-likeness (QED) is 0.172. The van der Waals surface area contributed by atoms with E-state index in [1.165, 1.54) is 98.7 Å². The highest BCUT2D eigenvalue weighted by atomic mass is 32.1. The second kappa shape index (κ2) is 10.2. The SMILES string of the molecule is C1=CC2=CC=C(c3c4ccccc4c(C4=CC=C5Oc6cc7cc8sc9ccccc9c8cc7cc6C5C4)c4ccccc34)CC2CC1. The van der Waals surface area contributed by atoms with Crippen LogP contribution in [0.4, 0.5) is 0 Å². The van der Waals surface area contributed by atoms with Crippen LogP contribution < -0.4 is 4.74 Å². The van der Waals surface area contributed by atoms with E-state index in [4.69, 9.17) is 4.74 Å². The summed E-state index contributed by atoms with van der Waals surface area (Å²) in [5, 5.41) is 10.6. The van der Waals surface area contributed by atoms with Crippen LogP contribution >= 0.6 is 11.3 Å². The summed E-state index contributed by atoms with van der Waals surface area (Å²) in [6.07, 6.45) is 18.5. The maximum absolute atomic E-state index is 6.59. The number of hydrogen-bond acceptors (Lipinski definition) is 2. The number of thiophene rings is 1. The number of benzene rings is 6. The van der Waals surface area contributed by atoms with Crippen molar-refractivity contribution in [2.75, 3.05) is 0 Å². The van der Waals surface area contributed by atoms with Crippen LogP contribution in [0.1, 0.15) is 48.3 Å². The minimum absolute atomic E-state index is 0.209. The average molecular weight is 633 g/mol. The van der Waals surface area contributed by atoms with Gasteiger partial charge in [0, 0.05) is 31.7 Å². The molecule has 0 bridgehead atoms. The van der Waals surface area contributed by atoms with E-state index >= 15 is 0 Å². The van der Waals surface area contributed by atoms with E-state index in [0.717, 1.165) is 24.4 Å². The highest BCUT2D eigenvalue weighted by molar-refractivity contribution is 7.25. The molecule has 0 saturated carbocycles. The highest BCUT2D eigenvalue weighted by Gasteiger charge is 2.34. The van der Waals surface area contributed by atoms with Crippen LogP contribution in [0.25, 0.3) is 63.6 Å². The topological polar surface area (TPSA) is 9.23 Å². The summed E-state index contributed by atoms with van der Waals surface area (Å²) in [5.41, 5.74) is 8.43. The van der Waals surface area contributed by atoms with Crippen LogP contribution in [0, 0.1) is 5.92 Å². The normalized spacial score (nSPS) is 19.9. The van der Waals surface area contributed by atoms with Gasteiger partial charge in [-0.3, -0.25) is 0 Å². The van der Waals surface area contributed by atoms with Crippen LogP contribution in [-0.4, -0.2) is 0 Å². The van der Waals surface area contributed by atoms with Crippen molar-refractivity contribution in [1.29, 1.82) is 0 Å². The third kappa shape index (κ3) is 3.90. The predicted molar refractivity (Wildman–Crippen MR) is 205 cm³/mol. The van der Waals surface area contributed by atoms with E-state index in [-0.39, 0.29) is 5.92 Å². The Hall–Kier alpha value is -5.18. The third-order valence-electron chi connectivity index (χ3n) is 11.3. The average Bonchev–Trinajstić information content (AvgIpc) is 3.68. The zero-order valence-electron chi connectivity index (χ0n) is 26.5. The molecule has 1 aromatic heterocycles. The molecule has 1 nitrogen and oxygen atoms in total. The Morgan fingerprint density at radius 3 is 2.02 bits per heavy atom. The van der Waals surface area contributed by atoms with E-state index in [1.54, 1.807) is 0 Å². The first-order valence-corrected chi connectivity index (χ1v) is 18.1. The van der Waals surface area contributed by atoms with Gasteiger partial charge in [0.25, 0.3) is 0 Å². The van der Waals surface area contributed by atoms with Gasteiger partial charge in [-0.2, -0.15) is 0 Å². The molecule has 1 aliphatic heterocycles. The van der Waals surface area contributed by atoms with Crippen molar-refractivity contribution in [1.82, 2.24) is 0 Å². The molecule has 2 heteroatoms. The molecule has 0 saturated heterocycles. The molecule has 0 radical (unpaired) electrons. The van der Waals surface area contributed by atoms with Crippen molar-refractivity contribution in [2.24, 2.45) is 5.92 Å². The summed E-state index contributed by atoms with van der Waals surface area (Å²) in [5.74, 6) is 2.90. The second-order valence-electron chi connectivity index (χ2n) is 13.9. The zero-order chi connectivity index (χ0) is 31.3. The third-order valence-corrected chi connectivity index (χ3v) is 12.4. The minimum atomic E-state index is 0.209. The molecule has 228 valence electrons. The Balaban J connectivity index is 1.05. The number of allylic oxidation sites excluding steroid dienone is 10. The van der Waals surface area contributed by atoms with Crippen LogP contribution in [0.3, 0.4) is 0 Å². The first-order chi connectivity index (χ1) is 23.8. The molecule has 2 heterocycles. The second-order valence-corrected chi connectivity index (χ2v) is 15.0. The molecule has 11 rings (SSSR count). The van der Waals surface area contributed by atoms with E-state index in [0.29, 0.717) is 5.92 Å². The Bertz CT molecular complexity index is 2650. The summed E-state index contributed by atoms with van der Waals surface area (Å²) >= 11 is 1.87. The smallest absolute Gasteiger partial charge is 0.131 e. The first-order valence-electron chi connectivity index (χ1n) is 17.3. The van der Waals surface area contributed by atoms with E-state index in [9.17, 15) is 0 Å². The van der Waals surface area contributed by atoms with Crippen molar-refractivity contribution in [3.05, 3.63) is 162 Å². The van der Waals surface area contributed by atoms with Crippen LogP contribution in [0.5, 0.6) is 5.75 Å². The molecule has 0 spiro atoms. The molecule has 0 fully saturated rings. The van der Waals surface area contributed by atoms with Gasteiger partial charge in [-0.05, 0) is 128 Å². The lowest BCUT2D eigenvalue weighted by Crippen LogP contribution is -2.11. The van der Waals surface area contributed by atoms with Gasteiger partial charge >= 0.3 is 0 Å². The van der Waals surface area contributed by atoms with Gasteiger partial charge in [-0.25, -0.2) is 0 Å². The van der Waals surface area contributed by atoms with Gasteiger partial charge in [-0.1, -0.05) is 97.1 Å². The maximum atomic E-state index is 6.59. The monoisotopic (exact) mass is 632 g/mol. The Morgan fingerprint density at radius 1 is 0.583 bits per heavy atom. The summed E-state index contributed by atoms with van der Waals surface area (Å²) in [6.45, 7) is 0. The summed E-state index contributed by atoms with van der Waals surface area (Å²) in [7, 11) is 0.